The van der Waals surface area contributed by atoms with E-state index in [0.717, 1.165) is 11.3 Å². The third-order valence-corrected chi connectivity index (χ3v) is 3.96. The molecule has 0 saturated carbocycles. The second kappa shape index (κ2) is 6.38. The van der Waals surface area contributed by atoms with Crippen molar-refractivity contribution in [3.8, 4) is 5.75 Å². The minimum atomic E-state index is 0.0398. The number of hydrogen-bond acceptors (Lipinski definition) is 3. The van der Waals surface area contributed by atoms with Crippen LogP contribution in [0, 0.1) is 6.92 Å². The van der Waals surface area contributed by atoms with Gasteiger partial charge in [0.05, 0.1) is 20.1 Å². The van der Waals surface area contributed by atoms with Crippen LogP contribution in [-0.4, -0.2) is 13.0 Å². The topological polar surface area (TPSA) is 38.3 Å². The van der Waals surface area contributed by atoms with Crippen LogP contribution in [-0.2, 0) is 17.8 Å². The summed E-state index contributed by atoms with van der Waals surface area (Å²) in [6.07, 6.45) is 0.397. The monoisotopic (exact) mass is 275 g/mol. The molecular weight excluding hydrogens is 258 g/mol. The van der Waals surface area contributed by atoms with Crippen LogP contribution in [0.2, 0.25) is 0 Å². The van der Waals surface area contributed by atoms with Crippen LogP contribution in [0.5, 0.6) is 5.75 Å². The van der Waals surface area contributed by atoms with Crippen molar-refractivity contribution in [3.05, 3.63) is 51.7 Å². The van der Waals surface area contributed by atoms with E-state index in [9.17, 15) is 4.79 Å². The molecule has 0 aliphatic heterocycles. The van der Waals surface area contributed by atoms with Crippen molar-refractivity contribution in [2.45, 2.75) is 19.9 Å². The van der Waals surface area contributed by atoms with Crippen LogP contribution >= 0.6 is 11.3 Å². The molecule has 0 fully saturated rings. The predicted molar refractivity (Wildman–Crippen MR) is 77.6 cm³/mol. The summed E-state index contributed by atoms with van der Waals surface area (Å²) in [5, 5.41) is 4.99. The van der Waals surface area contributed by atoms with E-state index in [0.29, 0.717) is 13.0 Å². The highest BCUT2D eigenvalue weighted by Gasteiger charge is 2.05. The summed E-state index contributed by atoms with van der Waals surface area (Å²) in [6, 6.07) is 9.62. The summed E-state index contributed by atoms with van der Waals surface area (Å²) in [5.41, 5.74) is 2.22. The van der Waals surface area contributed by atoms with E-state index in [1.807, 2.05) is 29.6 Å². The summed E-state index contributed by atoms with van der Waals surface area (Å²) >= 11 is 1.67. The van der Waals surface area contributed by atoms with Crippen molar-refractivity contribution >= 4 is 17.2 Å². The van der Waals surface area contributed by atoms with E-state index in [1.165, 1.54) is 10.4 Å². The zero-order valence-electron chi connectivity index (χ0n) is 11.1. The Labute approximate surface area is 117 Å². The van der Waals surface area contributed by atoms with Gasteiger partial charge in [-0.3, -0.25) is 4.79 Å². The average Bonchev–Trinajstić information content (AvgIpc) is 2.83. The molecule has 0 radical (unpaired) electrons. The number of ether oxygens (including phenoxy) is 1. The Balaban J connectivity index is 1.85. The highest BCUT2D eigenvalue weighted by atomic mass is 32.1. The van der Waals surface area contributed by atoms with Gasteiger partial charge in [-0.1, -0.05) is 12.1 Å². The maximum atomic E-state index is 11.8. The van der Waals surface area contributed by atoms with Crippen molar-refractivity contribution < 1.29 is 9.53 Å². The van der Waals surface area contributed by atoms with Gasteiger partial charge in [0, 0.05) is 4.88 Å². The summed E-state index contributed by atoms with van der Waals surface area (Å²) in [7, 11) is 1.63. The molecule has 0 atom stereocenters. The molecule has 2 rings (SSSR count). The molecule has 0 unspecified atom stereocenters. The zero-order chi connectivity index (χ0) is 13.7. The Bertz CT molecular complexity index is 546. The van der Waals surface area contributed by atoms with Gasteiger partial charge in [0.1, 0.15) is 5.75 Å². The number of carbonyl (C=O) groups is 1. The average molecular weight is 275 g/mol. The number of aryl methyl sites for hydroxylation is 1. The zero-order valence-corrected chi connectivity index (χ0v) is 11.9. The van der Waals surface area contributed by atoms with E-state index in [-0.39, 0.29) is 5.91 Å². The molecule has 0 bridgehead atoms. The van der Waals surface area contributed by atoms with Crippen LogP contribution < -0.4 is 10.1 Å². The number of hydrogen-bond donors (Lipinski definition) is 1. The molecule has 100 valence electrons. The Morgan fingerprint density at radius 2 is 2.00 bits per heavy atom. The molecule has 0 saturated heterocycles. The van der Waals surface area contributed by atoms with Crippen molar-refractivity contribution in [3.63, 3.8) is 0 Å². The molecule has 0 aliphatic carbocycles. The first-order valence-corrected chi connectivity index (χ1v) is 6.99. The number of thiophene rings is 1. The highest BCUT2D eigenvalue weighted by molar-refractivity contribution is 7.10. The molecule has 4 heteroatoms. The van der Waals surface area contributed by atoms with Gasteiger partial charge in [-0.05, 0) is 41.6 Å². The lowest BCUT2D eigenvalue weighted by Crippen LogP contribution is -2.24. The molecule has 3 nitrogen and oxygen atoms in total. The van der Waals surface area contributed by atoms with E-state index >= 15 is 0 Å². The van der Waals surface area contributed by atoms with E-state index in [1.54, 1.807) is 18.4 Å². The number of methoxy groups -OCH3 is 1. The molecule has 0 aliphatic rings. The van der Waals surface area contributed by atoms with Gasteiger partial charge < -0.3 is 10.1 Å². The highest BCUT2D eigenvalue weighted by Crippen LogP contribution is 2.15. The Morgan fingerprint density at radius 1 is 1.26 bits per heavy atom. The third-order valence-electron chi connectivity index (χ3n) is 2.94. The van der Waals surface area contributed by atoms with Crippen LogP contribution in [0.1, 0.15) is 16.0 Å². The van der Waals surface area contributed by atoms with Gasteiger partial charge in [-0.2, -0.15) is 0 Å². The van der Waals surface area contributed by atoms with Crippen molar-refractivity contribution in [1.29, 1.82) is 0 Å². The van der Waals surface area contributed by atoms with Gasteiger partial charge in [-0.25, -0.2) is 0 Å². The van der Waals surface area contributed by atoms with Crippen molar-refractivity contribution in [2.24, 2.45) is 0 Å². The smallest absolute Gasteiger partial charge is 0.224 e. The van der Waals surface area contributed by atoms with Crippen LogP contribution in [0.25, 0.3) is 0 Å². The predicted octanol–water partition coefficient (Wildman–Crippen LogP) is 2.92. The van der Waals surface area contributed by atoms with Crippen molar-refractivity contribution in [2.75, 3.05) is 7.11 Å². The lowest BCUT2D eigenvalue weighted by molar-refractivity contribution is -0.120. The molecule has 2 aromatic rings. The van der Waals surface area contributed by atoms with Gasteiger partial charge >= 0.3 is 0 Å². The van der Waals surface area contributed by atoms with E-state index < -0.39 is 0 Å². The standard InChI is InChI=1S/C15H17NO2S/c1-11-7-8-19-14(11)10-16-15(17)9-12-3-5-13(18-2)6-4-12/h3-8H,9-10H2,1-2H3,(H,16,17). The maximum absolute atomic E-state index is 11.8. The normalized spacial score (nSPS) is 10.2. The lowest BCUT2D eigenvalue weighted by atomic mass is 10.1. The number of carbonyl (C=O) groups excluding carboxylic acids is 1. The molecular formula is C15H17NO2S. The molecule has 1 N–H and O–H groups in total. The number of amides is 1. The molecule has 1 aromatic carbocycles. The second-order valence-electron chi connectivity index (χ2n) is 4.33. The quantitative estimate of drug-likeness (QED) is 0.911. The fourth-order valence-corrected chi connectivity index (χ4v) is 2.60. The number of nitrogens with one attached hydrogen (secondary N) is 1. The van der Waals surface area contributed by atoms with Gasteiger partial charge in [0.25, 0.3) is 0 Å². The Morgan fingerprint density at radius 3 is 2.58 bits per heavy atom. The van der Waals surface area contributed by atoms with Crippen LogP contribution in [0.3, 0.4) is 0 Å². The Kier molecular flexibility index (Phi) is 4.58. The largest absolute Gasteiger partial charge is 0.497 e. The summed E-state index contributed by atoms with van der Waals surface area (Å²) < 4.78 is 5.08. The second-order valence-corrected chi connectivity index (χ2v) is 5.33. The minimum absolute atomic E-state index is 0.0398. The van der Waals surface area contributed by atoms with Crippen LogP contribution in [0.15, 0.2) is 35.7 Å². The Hall–Kier alpha value is -1.81. The SMILES string of the molecule is COc1ccc(CC(=O)NCc2sccc2C)cc1. The minimum Gasteiger partial charge on any atom is -0.497 e. The first-order valence-electron chi connectivity index (χ1n) is 6.11. The maximum Gasteiger partial charge on any atom is 0.224 e. The molecule has 0 spiro atoms. The summed E-state index contributed by atoms with van der Waals surface area (Å²) in [5.74, 6) is 0.844. The number of rotatable bonds is 5. The first kappa shape index (κ1) is 13.6. The molecule has 19 heavy (non-hydrogen) atoms. The van der Waals surface area contributed by atoms with E-state index in [4.69, 9.17) is 4.74 Å². The molecule has 1 amide bonds. The van der Waals surface area contributed by atoms with Gasteiger partial charge in [-0.15, -0.1) is 11.3 Å². The number of benzene rings is 1. The fourth-order valence-electron chi connectivity index (χ4n) is 1.76. The van der Waals surface area contributed by atoms with Crippen LogP contribution in [0.4, 0.5) is 0 Å². The fraction of sp³-hybridized carbons (Fsp3) is 0.267. The summed E-state index contributed by atoms with van der Waals surface area (Å²) in [6.45, 7) is 2.67. The molecule has 1 aromatic heterocycles. The van der Waals surface area contributed by atoms with Gasteiger partial charge in [0.15, 0.2) is 0 Å². The van der Waals surface area contributed by atoms with Crippen molar-refractivity contribution in [1.82, 2.24) is 5.32 Å². The summed E-state index contributed by atoms with van der Waals surface area (Å²) in [4.78, 5) is 13.0. The molecule has 1 heterocycles. The van der Waals surface area contributed by atoms with Gasteiger partial charge in [0.2, 0.25) is 5.91 Å². The van der Waals surface area contributed by atoms with E-state index in [2.05, 4.69) is 18.3 Å². The third kappa shape index (κ3) is 3.83. The lowest BCUT2D eigenvalue weighted by Gasteiger charge is -2.06. The first-order chi connectivity index (χ1) is 9.19.